The molecule has 1 aliphatic heterocycles. The number of halogens is 1. The van der Waals surface area contributed by atoms with Gasteiger partial charge in [0.25, 0.3) is 0 Å². The maximum absolute atomic E-state index is 13.5. The number of hydrogen-bond acceptors (Lipinski definition) is 4. The van der Waals surface area contributed by atoms with E-state index >= 15 is 0 Å². The zero-order valence-electron chi connectivity index (χ0n) is 8.78. The minimum atomic E-state index is -0.391. The molecular formula is C10H15FN4. The van der Waals surface area contributed by atoms with Crippen molar-refractivity contribution in [3.8, 4) is 0 Å². The monoisotopic (exact) mass is 210 g/mol. The van der Waals surface area contributed by atoms with E-state index in [9.17, 15) is 4.39 Å². The molecular weight excluding hydrogens is 195 g/mol. The van der Waals surface area contributed by atoms with Crippen LogP contribution in [0.4, 0.5) is 16.2 Å². The van der Waals surface area contributed by atoms with Crippen LogP contribution in [0.5, 0.6) is 0 Å². The topological polar surface area (TPSA) is 55.0 Å². The molecule has 1 aromatic heterocycles. The van der Waals surface area contributed by atoms with Crippen molar-refractivity contribution in [3.63, 3.8) is 0 Å². The van der Waals surface area contributed by atoms with Crippen molar-refractivity contribution in [1.82, 2.24) is 9.97 Å². The fourth-order valence-corrected chi connectivity index (χ4v) is 1.99. The van der Waals surface area contributed by atoms with E-state index in [-0.39, 0.29) is 5.95 Å². The molecule has 0 spiro atoms. The Kier molecular flexibility index (Phi) is 2.70. The minimum Gasteiger partial charge on any atom is -0.368 e. The molecule has 2 N–H and O–H groups in total. The first kappa shape index (κ1) is 10.1. The number of aromatic nitrogens is 2. The summed E-state index contributed by atoms with van der Waals surface area (Å²) < 4.78 is 13.5. The van der Waals surface area contributed by atoms with Gasteiger partial charge in [0.05, 0.1) is 6.20 Å². The number of anilines is 2. The molecule has 0 amide bonds. The summed E-state index contributed by atoms with van der Waals surface area (Å²) in [6.07, 6.45) is 4.48. The highest BCUT2D eigenvalue weighted by Gasteiger charge is 2.22. The summed E-state index contributed by atoms with van der Waals surface area (Å²) in [7, 11) is 0. The van der Waals surface area contributed by atoms with Crippen molar-refractivity contribution in [2.75, 3.05) is 17.2 Å². The third kappa shape index (κ3) is 2.00. The lowest BCUT2D eigenvalue weighted by Gasteiger charge is -2.34. The van der Waals surface area contributed by atoms with Crippen molar-refractivity contribution in [1.29, 1.82) is 0 Å². The largest absolute Gasteiger partial charge is 0.368 e. The number of nitrogens with two attached hydrogens (primary N) is 1. The van der Waals surface area contributed by atoms with E-state index in [0.29, 0.717) is 11.9 Å². The molecule has 4 nitrogen and oxygen atoms in total. The van der Waals surface area contributed by atoms with Gasteiger partial charge in [-0.3, -0.25) is 0 Å². The van der Waals surface area contributed by atoms with Gasteiger partial charge in [-0.2, -0.15) is 4.98 Å². The summed E-state index contributed by atoms with van der Waals surface area (Å²) >= 11 is 0. The summed E-state index contributed by atoms with van der Waals surface area (Å²) in [4.78, 5) is 9.56. The van der Waals surface area contributed by atoms with E-state index in [4.69, 9.17) is 5.73 Å². The molecule has 1 fully saturated rings. The third-order valence-corrected chi connectivity index (χ3v) is 2.82. The Hall–Kier alpha value is -1.39. The van der Waals surface area contributed by atoms with Crippen molar-refractivity contribution >= 4 is 11.8 Å². The van der Waals surface area contributed by atoms with Gasteiger partial charge in [-0.15, -0.1) is 0 Å². The zero-order chi connectivity index (χ0) is 10.8. The molecule has 1 saturated heterocycles. The van der Waals surface area contributed by atoms with E-state index in [1.807, 2.05) is 4.90 Å². The van der Waals surface area contributed by atoms with Gasteiger partial charge < -0.3 is 10.6 Å². The summed E-state index contributed by atoms with van der Waals surface area (Å²) in [5.74, 6) is 0.0804. The lowest BCUT2D eigenvalue weighted by Crippen LogP contribution is -2.38. The first-order valence-corrected chi connectivity index (χ1v) is 5.23. The molecule has 5 heteroatoms. The second-order valence-electron chi connectivity index (χ2n) is 3.94. The minimum absolute atomic E-state index is 0.129. The second kappa shape index (κ2) is 4.00. The predicted octanol–water partition coefficient (Wildman–Crippen LogP) is 1.58. The van der Waals surface area contributed by atoms with Crippen LogP contribution < -0.4 is 10.6 Å². The van der Waals surface area contributed by atoms with Crippen LogP contribution in [0.2, 0.25) is 0 Å². The third-order valence-electron chi connectivity index (χ3n) is 2.82. The van der Waals surface area contributed by atoms with E-state index in [1.165, 1.54) is 6.42 Å². The number of hydrogen-bond donors (Lipinski definition) is 1. The molecule has 1 unspecified atom stereocenters. The quantitative estimate of drug-likeness (QED) is 0.764. The maximum Gasteiger partial charge on any atom is 0.222 e. The average Bonchev–Trinajstić information content (AvgIpc) is 2.23. The standard InChI is InChI=1S/C10H15FN4/c1-7-4-2-3-5-15(7)9-8(11)6-13-10(12)14-9/h6-7H,2-5H2,1H3,(H2,12,13,14). The molecule has 15 heavy (non-hydrogen) atoms. The van der Waals surface area contributed by atoms with Crippen LogP contribution in [0.3, 0.4) is 0 Å². The SMILES string of the molecule is CC1CCCCN1c1nc(N)ncc1F. The van der Waals surface area contributed by atoms with Gasteiger partial charge in [-0.25, -0.2) is 9.37 Å². The van der Waals surface area contributed by atoms with E-state index in [1.54, 1.807) is 0 Å². The summed E-state index contributed by atoms with van der Waals surface area (Å²) in [5.41, 5.74) is 5.46. The summed E-state index contributed by atoms with van der Waals surface area (Å²) in [6, 6.07) is 0.322. The van der Waals surface area contributed by atoms with Crippen LogP contribution in [0, 0.1) is 5.82 Å². The molecule has 1 atom stereocenters. The van der Waals surface area contributed by atoms with Crippen molar-refractivity contribution in [2.24, 2.45) is 0 Å². The fraction of sp³-hybridized carbons (Fsp3) is 0.600. The Morgan fingerprint density at radius 2 is 2.33 bits per heavy atom. The van der Waals surface area contributed by atoms with Crippen molar-refractivity contribution in [3.05, 3.63) is 12.0 Å². The highest BCUT2D eigenvalue weighted by molar-refractivity contribution is 5.43. The van der Waals surface area contributed by atoms with Crippen LogP contribution in [-0.4, -0.2) is 22.6 Å². The molecule has 0 aromatic carbocycles. The van der Waals surface area contributed by atoms with Gasteiger partial charge in [-0.1, -0.05) is 0 Å². The first-order valence-electron chi connectivity index (χ1n) is 5.23. The number of nitrogens with zero attached hydrogens (tertiary/aromatic N) is 3. The number of nitrogen functional groups attached to an aromatic ring is 1. The van der Waals surface area contributed by atoms with Gasteiger partial charge in [0, 0.05) is 12.6 Å². The molecule has 0 radical (unpaired) electrons. The van der Waals surface area contributed by atoms with E-state index in [2.05, 4.69) is 16.9 Å². The Morgan fingerprint density at radius 1 is 1.53 bits per heavy atom. The molecule has 2 rings (SSSR count). The Morgan fingerprint density at radius 3 is 3.07 bits per heavy atom. The van der Waals surface area contributed by atoms with Gasteiger partial charge in [0.15, 0.2) is 11.6 Å². The van der Waals surface area contributed by atoms with Crippen LogP contribution in [0.15, 0.2) is 6.20 Å². The number of piperidine rings is 1. The highest BCUT2D eigenvalue weighted by atomic mass is 19.1. The average molecular weight is 210 g/mol. The van der Waals surface area contributed by atoms with Crippen LogP contribution in [0.25, 0.3) is 0 Å². The first-order chi connectivity index (χ1) is 7.18. The number of rotatable bonds is 1. The van der Waals surface area contributed by atoms with Crippen LogP contribution in [-0.2, 0) is 0 Å². The molecule has 0 bridgehead atoms. The smallest absolute Gasteiger partial charge is 0.222 e. The predicted molar refractivity (Wildman–Crippen MR) is 57.1 cm³/mol. The van der Waals surface area contributed by atoms with Crippen LogP contribution in [0.1, 0.15) is 26.2 Å². The summed E-state index contributed by atoms with van der Waals surface area (Å²) in [6.45, 7) is 2.92. The zero-order valence-corrected chi connectivity index (χ0v) is 8.78. The molecule has 82 valence electrons. The Bertz CT molecular complexity index is 355. The maximum atomic E-state index is 13.5. The van der Waals surface area contributed by atoms with E-state index < -0.39 is 5.82 Å². The lowest BCUT2D eigenvalue weighted by molar-refractivity contribution is 0.470. The van der Waals surface area contributed by atoms with Gasteiger partial charge in [0.1, 0.15) is 0 Å². The summed E-state index contributed by atoms with van der Waals surface area (Å²) in [5, 5.41) is 0. The van der Waals surface area contributed by atoms with E-state index in [0.717, 1.165) is 25.6 Å². The molecule has 1 aliphatic rings. The molecule has 2 heterocycles. The normalized spacial score (nSPS) is 21.7. The van der Waals surface area contributed by atoms with Gasteiger partial charge >= 0.3 is 0 Å². The van der Waals surface area contributed by atoms with Crippen molar-refractivity contribution in [2.45, 2.75) is 32.2 Å². The molecule has 0 saturated carbocycles. The fourth-order valence-electron chi connectivity index (χ4n) is 1.99. The second-order valence-corrected chi connectivity index (χ2v) is 3.94. The molecule has 0 aliphatic carbocycles. The highest BCUT2D eigenvalue weighted by Crippen LogP contribution is 2.25. The van der Waals surface area contributed by atoms with Gasteiger partial charge in [0.2, 0.25) is 5.95 Å². The van der Waals surface area contributed by atoms with Gasteiger partial charge in [-0.05, 0) is 26.2 Å². The molecule has 1 aromatic rings. The van der Waals surface area contributed by atoms with Crippen molar-refractivity contribution < 1.29 is 4.39 Å². The lowest BCUT2D eigenvalue weighted by atomic mass is 10.0. The van der Waals surface area contributed by atoms with Crippen LogP contribution >= 0.6 is 0 Å². The Balaban J connectivity index is 2.30. The Labute approximate surface area is 88.3 Å².